The smallest absolute Gasteiger partial charge is 0.328 e. The fraction of sp³-hybridized carbons (Fsp3) is 0.389. The Bertz CT molecular complexity index is 1340. The average Bonchev–Trinajstić information content (AvgIpc) is 3.03. The van der Waals surface area contributed by atoms with E-state index in [1.807, 2.05) is 98.8 Å². The quantitative estimate of drug-likeness (QED) is 0.196. The zero-order chi connectivity index (χ0) is 31.9. The molecular formula is C36H44N2O6. The number of rotatable bonds is 17. The lowest BCUT2D eigenvalue weighted by atomic mass is 9.91. The van der Waals surface area contributed by atoms with Gasteiger partial charge in [0.05, 0.1) is 6.04 Å². The largest absolute Gasteiger partial charge is 0.489 e. The number of Topliss-reactive ketones (excluding diaryl/α,β-unsaturated/α-hetero) is 1. The molecule has 8 nitrogen and oxygen atoms in total. The number of carbonyl (C=O) groups excluding carboxylic acids is 4. The van der Waals surface area contributed by atoms with Crippen LogP contribution in [-0.2, 0) is 43.5 Å². The van der Waals surface area contributed by atoms with Crippen molar-refractivity contribution in [3.05, 3.63) is 102 Å². The lowest BCUT2D eigenvalue weighted by Crippen LogP contribution is -2.47. The van der Waals surface area contributed by atoms with Gasteiger partial charge in [0.25, 0.3) is 0 Å². The van der Waals surface area contributed by atoms with E-state index in [-0.39, 0.29) is 43.5 Å². The molecule has 0 aliphatic carbocycles. The molecule has 44 heavy (non-hydrogen) atoms. The molecule has 0 aliphatic heterocycles. The zero-order valence-corrected chi connectivity index (χ0v) is 26.1. The number of hydrogen-bond acceptors (Lipinski definition) is 6. The number of carbonyl (C=O) groups is 4. The highest BCUT2D eigenvalue weighted by molar-refractivity contribution is 5.93. The first-order chi connectivity index (χ1) is 21.1. The molecule has 0 saturated heterocycles. The molecule has 0 fully saturated rings. The Balaban J connectivity index is 1.72. The van der Waals surface area contributed by atoms with Gasteiger partial charge in [-0.05, 0) is 54.5 Å². The first kappa shape index (κ1) is 34.0. The molecule has 2 amide bonds. The molecule has 0 unspecified atom stereocenters. The Kier molecular flexibility index (Phi) is 13.6. The Hall–Kier alpha value is -4.46. The maximum absolute atomic E-state index is 13.7. The Morgan fingerprint density at radius 1 is 0.727 bits per heavy atom. The van der Waals surface area contributed by atoms with Crippen LogP contribution in [0.2, 0.25) is 0 Å². The van der Waals surface area contributed by atoms with Crippen LogP contribution in [0.1, 0.15) is 63.6 Å². The monoisotopic (exact) mass is 600 g/mol. The first-order valence-electron chi connectivity index (χ1n) is 15.2. The summed E-state index contributed by atoms with van der Waals surface area (Å²) >= 11 is 0. The van der Waals surface area contributed by atoms with Gasteiger partial charge in [0.2, 0.25) is 11.8 Å². The molecule has 0 bridgehead atoms. The molecular weight excluding hydrogens is 556 g/mol. The van der Waals surface area contributed by atoms with Crippen LogP contribution in [0.5, 0.6) is 5.75 Å². The second-order valence-corrected chi connectivity index (χ2v) is 11.4. The lowest BCUT2D eigenvalue weighted by Gasteiger charge is -2.24. The van der Waals surface area contributed by atoms with Crippen molar-refractivity contribution in [3.8, 4) is 5.75 Å². The highest BCUT2D eigenvalue weighted by Gasteiger charge is 2.30. The van der Waals surface area contributed by atoms with Crippen molar-refractivity contribution in [1.29, 1.82) is 0 Å². The highest BCUT2D eigenvalue weighted by Crippen LogP contribution is 2.20. The molecule has 0 radical (unpaired) electrons. The molecule has 234 valence electrons. The summed E-state index contributed by atoms with van der Waals surface area (Å²) in [7, 11) is 0. The van der Waals surface area contributed by atoms with Gasteiger partial charge in [0.1, 0.15) is 25.0 Å². The summed E-state index contributed by atoms with van der Waals surface area (Å²) < 4.78 is 11.4. The summed E-state index contributed by atoms with van der Waals surface area (Å²) in [4.78, 5) is 51.8. The van der Waals surface area contributed by atoms with Gasteiger partial charge in [-0.2, -0.15) is 0 Å². The molecule has 0 spiro atoms. The number of esters is 1. The van der Waals surface area contributed by atoms with Crippen molar-refractivity contribution < 1.29 is 28.7 Å². The van der Waals surface area contributed by atoms with Crippen LogP contribution in [0.25, 0.3) is 0 Å². The number of ether oxygens (including phenoxy) is 2. The molecule has 0 heterocycles. The zero-order valence-electron chi connectivity index (χ0n) is 26.1. The van der Waals surface area contributed by atoms with E-state index >= 15 is 0 Å². The van der Waals surface area contributed by atoms with E-state index in [0.717, 1.165) is 16.7 Å². The predicted octanol–water partition coefficient (Wildman–Crippen LogP) is 5.57. The topological polar surface area (TPSA) is 111 Å². The van der Waals surface area contributed by atoms with E-state index in [0.29, 0.717) is 18.8 Å². The Morgan fingerprint density at radius 2 is 1.32 bits per heavy atom. The van der Waals surface area contributed by atoms with Crippen LogP contribution < -0.4 is 15.4 Å². The SMILES string of the molecule is CCC(=O)N[C@@H](C)C(=O)C[C@@H](Cc1ccc(OCc2ccccc2)cc1)C(=O)N[C@@H](CC(C)C)C(=O)OCc1ccccc1. The maximum atomic E-state index is 13.7. The van der Waals surface area contributed by atoms with Gasteiger partial charge in [-0.1, -0.05) is 93.6 Å². The number of ketones is 1. The Labute approximate surface area is 260 Å². The van der Waals surface area contributed by atoms with E-state index in [1.54, 1.807) is 13.8 Å². The summed E-state index contributed by atoms with van der Waals surface area (Å²) in [5.74, 6) is -1.42. The van der Waals surface area contributed by atoms with E-state index in [1.165, 1.54) is 0 Å². The minimum absolute atomic E-state index is 0.0966. The predicted molar refractivity (Wildman–Crippen MR) is 170 cm³/mol. The van der Waals surface area contributed by atoms with Gasteiger partial charge in [-0.15, -0.1) is 0 Å². The van der Waals surface area contributed by atoms with Crippen molar-refractivity contribution in [2.75, 3.05) is 0 Å². The fourth-order valence-corrected chi connectivity index (χ4v) is 4.65. The first-order valence-corrected chi connectivity index (χ1v) is 15.2. The van der Waals surface area contributed by atoms with Crippen molar-refractivity contribution in [1.82, 2.24) is 10.6 Å². The summed E-state index contributed by atoms with van der Waals surface area (Å²) in [5.41, 5.74) is 2.73. The number of amides is 2. The summed E-state index contributed by atoms with van der Waals surface area (Å²) in [6, 6.07) is 25.0. The van der Waals surface area contributed by atoms with E-state index < -0.39 is 29.9 Å². The Morgan fingerprint density at radius 3 is 1.89 bits per heavy atom. The molecule has 3 aromatic rings. The van der Waals surface area contributed by atoms with Gasteiger partial charge in [0, 0.05) is 18.8 Å². The van der Waals surface area contributed by atoms with Gasteiger partial charge < -0.3 is 20.1 Å². The molecule has 2 N–H and O–H groups in total. The third-order valence-electron chi connectivity index (χ3n) is 7.19. The number of nitrogens with one attached hydrogen (secondary N) is 2. The standard InChI is InChI=1S/C36H44N2O6/c1-5-34(40)37-26(4)33(39)22-30(21-27-16-18-31(19-17-27)43-23-28-12-8-6-9-13-28)35(41)38-32(20-25(2)3)36(42)44-24-29-14-10-7-11-15-29/h6-19,25-26,30,32H,5,20-24H2,1-4H3,(H,37,40)(H,38,41)/t26-,30+,32-/m0/s1. The minimum atomic E-state index is -0.866. The van der Waals surface area contributed by atoms with Crippen molar-refractivity contribution >= 4 is 23.6 Å². The fourth-order valence-electron chi connectivity index (χ4n) is 4.65. The van der Waals surface area contributed by atoms with Crippen LogP contribution in [0, 0.1) is 11.8 Å². The minimum Gasteiger partial charge on any atom is -0.489 e. The van der Waals surface area contributed by atoms with Gasteiger partial charge >= 0.3 is 5.97 Å². The van der Waals surface area contributed by atoms with Gasteiger partial charge in [-0.3, -0.25) is 14.4 Å². The van der Waals surface area contributed by atoms with Crippen LogP contribution in [0.3, 0.4) is 0 Å². The molecule has 3 aromatic carbocycles. The average molecular weight is 601 g/mol. The summed E-state index contributed by atoms with van der Waals surface area (Å²) in [5, 5.41) is 5.55. The number of benzene rings is 3. The van der Waals surface area contributed by atoms with E-state index in [4.69, 9.17) is 9.47 Å². The normalized spacial score (nSPS) is 12.9. The molecule has 0 saturated carbocycles. The van der Waals surface area contributed by atoms with Crippen LogP contribution in [0.15, 0.2) is 84.9 Å². The van der Waals surface area contributed by atoms with Crippen LogP contribution >= 0.6 is 0 Å². The molecule has 3 rings (SSSR count). The third-order valence-corrected chi connectivity index (χ3v) is 7.19. The van der Waals surface area contributed by atoms with E-state index in [9.17, 15) is 19.2 Å². The summed E-state index contributed by atoms with van der Waals surface area (Å²) in [6.45, 7) is 7.78. The van der Waals surface area contributed by atoms with Crippen molar-refractivity contribution in [2.45, 2.75) is 78.7 Å². The summed E-state index contributed by atoms with van der Waals surface area (Å²) in [6.07, 6.45) is 0.799. The highest BCUT2D eigenvalue weighted by atomic mass is 16.5. The molecule has 8 heteroatoms. The van der Waals surface area contributed by atoms with Crippen molar-refractivity contribution in [3.63, 3.8) is 0 Å². The van der Waals surface area contributed by atoms with Gasteiger partial charge in [0.15, 0.2) is 5.78 Å². The van der Waals surface area contributed by atoms with E-state index in [2.05, 4.69) is 10.6 Å². The number of hydrogen-bond donors (Lipinski definition) is 2. The molecule has 3 atom stereocenters. The second kappa shape index (κ2) is 17.6. The molecule has 0 aromatic heterocycles. The van der Waals surface area contributed by atoms with Crippen LogP contribution in [0.4, 0.5) is 0 Å². The molecule has 0 aliphatic rings. The third kappa shape index (κ3) is 11.7. The van der Waals surface area contributed by atoms with Crippen LogP contribution in [-0.4, -0.2) is 35.7 Å². The maximum Gasteiger partial charge on any atom is 0.328 e. The van der Waals surface area contributed by atoms with Gasteiger partial charge in [-0.25, -0.2) is 4.79 Å². The second-order valence-electron chi connectivity index (χ2n) is 11.4. The lowest BCUT2D eigenvalue weighted by molar-refractivity contribution is -0.150. The van der Waals surface area contributed by atoms with Crippen molar-refractivity contribution in [2.24, 2.45) is 11.8 Å².